The van der Waals surface area contributed by atoms with Crippen LogP contribution in [0.25, 0.3) is 93.2 Å². The van der Waals surface area contributed by atoms with Crippen molar-refractivity contribution >= 4 is 87.5 Å². The van der Waals surface area contributed by atoms with Crippen molar-refractivity contribution in [2.24, 2.45) is 0 Å². The van der Waals surface area contributed by atoms with Gasteiger partial charge in [0, 0.05) is 50.4 Å². The topological polar surface area (TPSA) is 48.8 Å². The summed E-state index contributed by atoms with van der Waals surface area (Å²) in [6.07, 6.45) is 3.97. The van der Waals surface area contributed by atoms with Crippen LogP contribution < -0.4 is 4.74 Å². The lowest BCUT2D eigenvalue weighted by Crippen LogP contribution is -1.95. The first-order valence-electron chi connectivity index (χ1n) is 17.5. The zero-order chi connectivity index (χ0) is 33.9. The summed E-state index contributed by atoms with van der Waals surface area (Å²) < 4.78 is 13.5. The summed E-state index contributed by atoms with van der Waals surface area (Å²) in [6.45, 7) is 0. The maximum Gasteiger partial charge on any atom is 0.146 e. The highest BCUT2D eigenvalue weighted by atomic mass is 16.5. The van der Waals surface area contributed by atoms with Crippen molar-refractivity contribution < 1.29 is 4.74 Å². The molecule has 0 atom stereocenters. The molecule has 6 nitrogen and oxygen atoms in total. The van der Waals surface area contributed by atoms with Crippen molar-refractivity contribution in [1.82, 2.24) is 23.3 Å². The first-order valence-corrected chi connectivity index (χ1v) is 17.5. The number of hydrogen-bond acceptors (Lipinski definition) is 3. The number of benzene rings is 7. The monoisotopic (exact) mass is 665 g/mol. The van der Waals surface area contributed by atoms with Gasteiger partial charge in [-0.1, -0.05) is 72.8 Å². The van der Waals surface area contributed by atoms with Gasteiger partial charge in [-0.2, -0.15) is 0 Å². The molecule has 0 spiro atoms. The Morgan fingerprint density at radius 3 is 1.94 bits per heavy atom. The van der Waals surface area contributed by atoms with Crippen molar-refractivity contribution in [3.05, 3.63) is 164 Å². The Morgan fingerprint density at radius 1 is 0.462 bits per heavy atom. The van der Waals surface area contributed by atoms with E-state index in [0.717, 1.165) is 77.6 Å². The SMILES string of the molecule is c1ccc(-n2c3ccccc3c3c2ccc2c4ccc(Oc5ccc6c7ccccc7n7c8ccccc8nc7c6c5)cc4c4nccn4c23)cc1. The average Bonchev–Trinajstić information content (AvgIpc) is 3.93. The van der Waals surface area contributed by atoms with Crippen LogP contribution >= 0.6 is 0 Å². The van der Waals surface area contributed by atoms with E-state index in [4.69, 9.17) is 14.7 Å². The van der Waals surface area contributed by atoms with E-state index >= 15 is 0 Å². The Kier molecular flexibility index (Phi) is 5.41. The molecule has 0 fully saturated rings. The molecule has 0 bridgehead atoms. The molecular formula is C46H27N5O. The highest BCUT2D eigenvalue weighted by Crippen LogP contribution is 2.41. The first kappa shape index (κ1) is 27.6. The molecular weight excluding hydrogens is 639 g/mol. The summed E-state index contributed by atoms with van der Waals surface area (Å²) in [5, 5.41) is 9.14. The minimum atomic E-state index is 0.753. The van der Waals surface area contributed by atoms with Crippen LogP contribution in [0.2, 0.25) is 0 Å². The molecule has 6 heteroatoms. The molecule has 242 valence electrons. The molecule has 0 amide bonds. The van der Waals surface area contributed by atoms with Crippen LogP contribution in [0.4, 0.5) is 0 Å². The number of hydrogen-bond donors (Lipinski definition) is 0. The lowest BCUT2D eigenvalue weighted by Gasteiger charge is -2.14. The fourth-order valence-corrected chi connectivity index (χ4v) is 8.54. The summed E-state index contributed by atoms with van der Waals surface area (Å²) in [6, 6.07) is 53.4. The first-order chi connectivity index (χ1) is 25.8. The van der Waals surface area contributed by atoms with E-state index in [1.165, 1.54) is 27.1 Å². The second-order valence-electron chi connectivity index (χ2n) is 13.5. The minimum Gasteiger partial charge on any atom is -0.457 e. The molecule has 0 radical (unpaired) electrons. The maximum atomic E-state index is 6.67. The second kappa shape index (κ2) is 10.2. The number of fused-ring (bicyclic) bond motifs is 18. The molecule has 0 aliphatic carbocycles. The van der Waals surface area contributed by atoms with E-state index in [-0.39, 0.29) is 0 Å². The lowest BCUT2D eigenvalue weighted by atomic mass is 10.0. The summed E-state index contributed by atoms with van der Waals surface area (Å²) in [7, 11) is 0. The van der Waals surface area contributed by atoms with E-state index < -0.39 is 0 Å². The number of nitrogens with zero attached hydrogens (tertiary/aromatic N) is 5. The van der Waals surface area contributed by atoms with Gasteiger partial charge in [0.05, 0.1) is 33.1 Å². The Hall–Kier alpha value is -7.18. The van der Waals surface area contributed by atoms with Gasteiger partial charge in [0.25, 0.3) is 0 Å². The summed E-state index contributed by atoms with van der Waals surface area (Å²) in [5.74, 6) is 1.51. The van der Waals surface area contributed by atoms with Crippen LogP contribution in [-0.2, 0) is 0 Å². The summed E-state index contributed by atoms with van der Waals surface area (Å²) in [5.41, 5.74) is 9.65. The maximum absolute atomic E-state index is 6.67. The van der Waals surface area contributed by atoms with Crippen molar-refractivity contribution in [3.63, 3.8) is 0 Å². The normalized spacial score (nSPS) is 12.2. The van der Waals surface area contributed by atoms with Gasteiger partial charge < -0.3 is 9.30 Å². The van der Waals surface area contributed by atoms with Gasteiger partial charge in [0.2, 0.25) is 0 Å². The lowest BCUT2D eigenvalue weighted by molar-refractivity contribution is 0.484. The number of pyridine rings is 2. The van der Waals surface area contributed by atoms with Gasteiger partial charge in [0.15, 0.2) is 0 Å². The molecule has 7 aromatic carbocycles. The van der Waals surface area contributed by atoms with Crippen molar-refractivity contribution in [3.8, 4) is 17.2 Å². The largest absolute Gasteiger partial charge is 0.457 e. The van der Waals surface area contributed by atoms with Gasteiger partial charge in [-0.3, -0.25) is 8.80 Å². The van der Waals surface area contributed by atoms with Crippen LogP contribution in [0.15, 0.2) is 164 Å². The highest BCUT2D eigenvalue weighted by molar-refractivity contribution is 6.26. The molecule has 0 saturated carbocycles. The standard InChI is InChI=1S/C46H27N5O/c1-2-10-28(11-3-1)50-40-16-8-5-13-35(40)43-42(50)23-22-34-32-21-19-29(26-36(32)45-47-24-25-49(45)44(34)43)52-30-18-20-31-33-12-4-7-15-39(33)51-41-17-9-6-14-38(41)48-46(51)37(31)27-30/h1-27H. The molecule has 0 saturated heterocycles. The predicted octanol–water partition coefficient (Wildman–Crippen LogP) is 11.6. The summed E-state index contributed by atoms with van der Waals surface area (Å²) in [4.78, 5) is 10.0. The zero-order valence-corrected chi connectivity index (χ0v) is 27.7. The van der Waals surface area contributed by atoms with Crippen LogP contribution in [0, 0.1) is 0 Å². The highest BCUT2D eigenvalue weighted by Gasteiger charge is 2.20. The third-order valence-corrected chi connectivity index (χ3v) is 10.7. The molecule has 0 N–H and O–H groups in total. The Bertz CT molecular complexity index is 3440. The molecule has 12 rings (SSSR count). The fourth-order valence-electron chi connectivity index (χ4n) is 8.54. The van der Waals surface area contributed by atoms with Crippen molar-refractivity contribution in [2.75, 3.05) is 0 Å². The third kappa shape index (κ3) is 3.67. The number of ether oxygens (including phenoxy) is 1. The Balaban J connectivity index is 1.06. The van der Waals surface area contributed by atoms with Crippen LogP contribution in [0.1, 0.15) is 0 Å². The van der Waals surface area contributed by atoms with E-state index in [1.807, 2.05) is 12.3 Å². The van der Waals surface area contributed by atoms with Crippen LogP contribution in [-0.4, -0.2) is 23.3 Å². The molecule has 0 aliphatic heterocycles. The average molecular weight is 666 g/mol. The van der Waals surface area contributed by atoms with Crippen LogP contribution in [0.3, 0.4) is 0 Å². The van der Waals surface area contributed by atoms with Gasteiger partial charge in [-0.05, 0) is 89.6 Å². The molecule has 0 unspecified atom stereocenters. The van der Waals surface area contributed by atoms with E-state index in [1.54, 1.807) is 0 Å². The number of para-hydroxylation sites is 5. The number of aromatic nitrogens is 5. The smallest absolute Gasteiger partial charge is 0.146 e. The molecule has 5 aromatic heterocycles. The minimum absolute atomic E-state index is 0.753. The van der Waals surface area contributed by atoms with Gasteiger partial charge in [-0.25, -0.2) is 9.97 Å². The molecule has 0 aliphatic rings. The van der Waals surface area contributed by atoms with E-state index in [0.29, 0.717) is 0 Å². The molecule has 12 aromatic rings. The van der Waals surface area contributed by atoms with Crippen LogP contribution in [0.5, 0.6) is 11.5 Å². The fraction of sp³-hybridized carbons (Fsp3) is 0. The van der Waals surface area contributed by atoms with Gasteiger partial charge in [-0.15, -0.1) is 0 Å². The quantitative estimate of drug-likeness (QED) is 0.177. The van der Waals surface area contributed by atoms with Crippen molar-refractivity contribution in [2.45, 2.75) is 0 Å². The van der Waals surface area contributed by atoms with Gasteiger partial charge in [0.1, 0.15) is 22.8 Å². The second-order valence-corrected chi connectivity index (χ2v) is 13.5. The van der Waals surface area contributed by atoms with Gasteiger partial charge >= 0.3 is 0 Å². The summed E-state index contributed by atoms with van der Waals surface area (Å²) >= 11 is 0. The van der Waals surface area contributed by atoms with Crippen molar-refractivity contribution in [1.29, 1.82) is 0 Å². The Morgan fingerprint density at radius 2 is 1.12 bits per heavy atom. The van der Waals surface area contributed by atoms with E-state index in [9.17, 15) is 0 Å². The Labute approximate surface area is 296 Å². The third-order valence-electron chi connectivity index (χ3n) is 10.7. The molecule has 52 heavy (non-hydrogen) atoms. The van der Waals surface area contributed by atoms with E-state index in [2.05, 4.69) is 165 Å². The predicted molar refractivity (Wildman–Crippen MR) is 212 cm³/mol. The zero-order valence-electron chi connectivity index (χ0n) is 27.7. The molecule has 5 heterocycles. The number of imidazole rings is 2. The number of rotatable bonds is 3.